The Morgan fingerprint density at radius 1 is 1.02 bits per heavy atom. The highest BCUT2D eigenvalue weighted by Crippen LogP contribution is 2.27. The number of nitrogens with two attached hydrogens (primary N) is 1. The van der Waals surface area contributed by atoms with Crippen LogP contribution in [0.5, 0.6) is 0 Å². The second-order valence-corrected chi connectivity index (χ2v) is 14.8. The molecule has 0 aliphatic rings. The van der Waals surface area contributed by atoms with Gasteiger partial charge in [-0.05, 0) is 104 Å². The van der Waals surface area contributed by atoms with Crippen molar-refractivity contribution in [2.24, 2.45) is 5.73 Å². The molecule has 0 saturated carbocycles. The highest BCUT2D eigenvalue weighted by atomic mass is 32.1. The molecular formula is C39H57N5O6S. The molecule has 12 heteroatoms. The molecule has 0 radical (unpaired) electrons. The Morgan fingerprint density at radius 3 is 2.20 bits per heavy atom. The van der Waals surface area contributed by atoms with Crippen LogP contribution >= 0.6 is 11.3 Å². The van der Waals surface area contributed by atoms with E-state index in [0.717, 1.165) is 21.2 Å². The number of hydrogen-bond acceptors (Lipinski definition) is 8. The predicted molar refractivity (Wildman–Crippen MR) is 207 cm³/mol. The van der Waals surface area contributed by atoms with Crippen LogP contribution in [-0.4, -0.2) is 64.4 Å². The highest BCUT2D eigenvalue weighted by Gasteiger charge is 2.29. The van der Waals surface area contributed by atoms with Crippen molar-refractivity contribution < 1.29 is 28.7 Å². The van der Waals surface area contributed by atoms with E-state index in [-0.39, 0.29) is 18.9 Å². The zero-order chi connectivity index (χ0) is 38.9. The first-order valence-electron chi connectivity index (χ1n) is 16.9. The average Bonchev–Trinajstić information content (AvgIpc) is 3.40. The Morgan fingerprint density at radius 2 is 1.63 bits per heavy atom. The number of nitrogens with zero attached hydrogens (tertiary/aromatic N) is 1. The summed E-state index contributed by atoms with van der Waals surface area (Å²) in [4.78, 5) is 53.9. The van der Waals surface area contributed by atoms with Crippen LogP contribution in [-0.2, 0) is 25.5 Å². The number of nitrogens with one attached hydrogen (secondary N) is 3. The first-order chi connectivity index (χ1) is 23.7. The highest BCUT2D eigenvalue weighted by molar-refractivity contribution is 7.17. The standard InChI is InChI=1S/C36H53N5O6S.C3H4/c1-11-15-23(3)41(34(45)47-36(8,9)10)21-25(16-12-2)19-30(37)40-32(43)28(20-26-22-48-29-18-14-13-17-27(26)29)39-31(42)24(4)38-33(44)46-35(5,6)7;1-3-2/h11-15,17-18,21-24,28,30H,2,16,19-20,37H2,1,3-10H3,(H,38,44)(H,39,42)(H,40,43);1H,2H3/b15-11-,25-21+;/t23?,24?,28?,30-;/m1./s1. The van der Waals surface area contributed by atoms with Gasteiger partial charge in [-0.3, -0.25) is 14.5 Å². The molecule has 2 aromatic rings. The summed E-state index contributed by atoms with van der Waals surface area (Å²) < 4.78 is 12.0. The molecule has 51 heavy (non-hydrogen) atoms. The third-order valence-corrected chi connectivity index (χ3v) is 7.81. The van der Waals surface area contributed by atoms with Gasteiger partial charge in [0, 0.05) is 23.7 Å². The Bertz CT molecular complexity index is 1580. The Balaban J connectivity index is 0.00000418. The van der Waals surface area contributed by atoms with Crippen molar-refractivity contribution in [1.82, 2.24) is 20.9 Å². The first kappa shape index (κ1) is 44.4. The summed E-state index contributed by atoms with van der Waals surface area (Å²) >= 11 is 1.54. The summed E-state index contributed by atoms with van der Waals surface area (Å²) in [5.41, 5.74) is 6.65. The Kier molecular flexibility index (Phi) is 18.2. The SMILES string of the molecule is C#CC.C=CC/C(=C\N(C(=O)OC(C)(C)C)C(C)/C=C\C)C[C@H](N)NC(=O)C(Cc1csc2ccccc12)NC(=O)C(C)NC(=O)OC(C)(C)C. The van der Waals surface area contributed by atoms with Gasteiger partial charge in [0.25, 0.3) is 0 Å². The summed E-state index contributed by atoms with van der Waals surface area (Å²) in [6, 6.07) is 5.51. The van der Waals surface area contributed by atoms with Crippen LogP contribution < -0.4 is 21.7 Å². The molecule has 1 heterocycles. The Labute approximate surface area is 308 Å². The fourth-order valence-corrected chi connectivity index (χ4v) is 5.65. The predicted octanol–water partition coefficient (Wildman–Crippen LogP) is 6.93. The monoisotopic (exact) mass is 723 g/mol. The largest absolute Gasteiger partial charge is 0.444 e. The average molecular weight is 724 g/mol. The normalized spacial score (nSPS) is 14.1. The summed E-state index contributed by atoms with van der Waals surface area (Å²) in [5, 5.41) is 11.1. The van der Waals surface area contributed by atoms with Gasteiger partial charge in [-0.25, -0.2) is 9.59 Å². The van der Waals surface area contributed by atoms with Crippen molar-refractivity contribution in [2.75, 3.05) is 0 Å². The molecule has 0 aliphatic carbocycles. The van der Waals surface area contributed by atoms with Gasteiger partial charge in [-0.1, -0.05) is 36.4 Å². The molecule has 4 amide bonds. The number of rotatable bonds is 14. The zero-order valence-corrected chi connectivity index (χ0v) is 32.6. The van der Waals surface area contributed by atoms with Crippen LogP contribution in [0.15, 0.2) is 66.2 Å². The lowest BCUT2D eigenvalue weighted by Gasteiger charge is -2.29. The van der Waals surface area contributed by atoms with Gasteiger partial charge in [0.05, 0.1) is 12.2 Å². The maximum atomic E-state index is 13.8. The second-order valence-electron chi connectivity index (χ2n) is 13.9. The van der Waals surface area contributed by atoms with Crippen LogP contribution in [0.2, 0.25) is 0 Å². The van der Waals surface area contributed by atoms with Crippen molar-refractivity contribution in [1.29, 1.82) is 0 Å². The fraction of sp³-hybridized carbons (Fsp3) is 0.487. The smallest absolute Gasteiger partial charge is 0.414 e. The summed E-state index contributed by atoms with van der Waals surface area (Å²) in [6.45, 7) is 21.3. The van der Waals surface area contributed by atoms with Crippen molar-refractivity contribution in [3.8, 4) is 12.3 Å². The number of fused-ring (bicyclic) bond motifs is 1. The van der Waals surface area contributed by atoms with Crippen molar-refractivity contribution in [3.05, 3.63) is 71.8 Å². The number of thiophene rings is 1. The third kappa shape index (κ3) is 16.8. The molecule has 2 rings (SSSR count). The molecule has 1 aromatic heterocycles. The number of alkyl carbamates (subject to hydrolysis) is 1. The molecule has 280 valence electrons. The third-order valence-electron chi connectivity index (χ3n) is 6.80. The number of ether oxygens (including phenoxy) is 2. The van der Waals surface area contributed by atoms with E-state index >= 15 is 0 Å². The van der Waals surface area contributed by atoms with E-state index in [0.29, 0.717) is 6.42 Å². The van der Waals surface area contributed by atoms with E-state index in [1.807, 2.05) is 55.6 Å². The van der Waals surface area contributed by atoms with E-state index in [1.165, 1.54) is 11.8 Å². The first-order valence-corrected chi connectivity index (χ1v) is 17.8. The maximum absolute atomic E-state index is 13.8. The number of terminal acetylenes is 1. The summed E-state index contributed by atoms with van der Waals surface area (Å²) in [6.07, 6.45) is 10.4. The zero-order valence-electron chi connectivity index (χ0n) is 31.8. The quantitative estimate of drug-likeness (QED) is 0.0937. The molecule has 3 unspecified atom stereocenters. The van der Waals surface area contributed by atoms with Crippen LogP contribution in [0.25, 0.3) is 10.1 Å². The summed E-state index contributed by atoms with van der Waals surface area (Å²) in [5.74, 6) is 1.19. The topological polar surface area (TPSA) is 152 Å². The maximum Gasteiger partial charge on any atom is 0.414 e. The summed E-state index contributed by atoms with van der Waals surface area (Å²) in [7, 11) is 0. The molecule has 5 N–H and O–H groups in total. The number of allylic oxidation sites excluding steroid dienone is 2. The van der Waals surface area contributed by atoms with Gasteiger partial charge in [0.2, 0.25) is 11.8 Å². The minimum Gasteiger partial charge on any atom is -0.444 e. The van der Waals surface area contributed by atoms with Crippen LogP contribution in [0.3, 0.4) is 0 Å². The van der Waals surface area contributed by atoms with Gasteiger partial charge < -0.3 is 31.2 Å². The number of carbonyl (C=O) groups is 4. The van der Waals surface area contributed by atoms with Crippen LogP contribution in [0.4, 0.5) is 9.59 Å². The number of benzene rings is 1. The lowest BCUT2D eigenvalue weighted by molar-refractivity contribution is -0.130. The van der Waals surface area contributed by atoms with Crippen molar-refractivity contribution >= 4 is 45.4 Å². The van der Waals surface area contributed by atoms with Gasteiger partial charge in [0.15, 0.2) is 0 Å². The van der Waals surface area contributed by atoms with Crippen molar-refractivity contribution in [2.45, 2.75) is 124 Å². The van der Waals surface area contributed by atoms with E-state index in [1.54, 1.807) is 72.1 Å². The number of amides is 4. The lowest BCUT2D eigenvalue weighted by Crippen LogP contribution is -2.56. The van der Waals surface area contributed by atoms with Gasteiger partial charge in [-0.15, -0.1) is 30.3 Å². The lowest BCUT2D eigenvalue weighted by atomic mass is 10.0. The number of hydrogen-bond donors (Lipinski definition) is 4. The van der Waals surface area contributed by atoms with Gasteiger partial charge >= 0.3 is 12.2 Å². The van der Waals surface area contributed by atoms with E-state index in [2.05, 4.69) is 34.9 Å². The van der Waals surface area contributed by atoms with E-state index in [4.69, 9.17) is 15.2 Å². The van der Waals surface area contributed by atoms with Crippen LogP contribution in [0, 0.1) is 12.3 Å². The molecule has 11 nitrogen and oxygen atoms in total. The van der Waals surface area contributed by atoms with Gasteiger partial charge in [0.1, 0.15) is 23.3 Å². The van der Waals surface area contributed by atoms with Gasteiger partial charge in [-0.2, -0.15) is 0 Å². The van der Waals surface area contributed by atoms with E-state index < -0.39 is 53.5 Å². The minimum absolute atomic E-state index is 0.191. The van der Waals surface area contributed by atoms with Crippen LogP contribution in [0.1, 0.15) is 87.6 Å². The minimum atomic E-state index is -1.01. The molecule has 0 bridgehead atoms. The molecule has 0 saturated heterocycles. The molecule has 0 spiro atoms. The fourth-order valence-electron chi connectivity index (χ4n) is 4.68. The molecular weight excluding hydrogens is 667 g/mol. The molecule has 4 atom stereocenters. The van der Waals surface area contributed by atoms with Crippen molar-refractivity contribution in [3.63, 3.8) is 0 Å². The second kappa shape index (κ2) is 20.9. The number of carbonyl (C=O) groups excluding carboxylic acids is 4. The molecule has 0 aliphatic heterocycles. The Hall–Kier alpha value is -4.60. The molecule has 1 aromatic carbocycles. The molecule has 0 fully saturated rings. The van der Waals surface area contributed by atoms with E-state index in [9.17, 15) is 19.2 Å².